The van der Waals surface area contributed by atoms with Crippen molar-refractivity contribution in [2.24, 2.45) is 0 Å². The standard InChI is InChI=1S/C8H7ClF3NO/c1-4-2-3-5(14)6(13-4)7(9)8(10,11)12/h2-3,7,14H,1H3. The second-order valence-corrected chi connectivity index (χ2v) is 3.20. The number of rotatable bonds is 1. The van der Waals surface area contributed by atoms with Crippen LogP contribution in [0.25, 0.3) is 0 Å². The van der Waals surface area contributed by atoms with Crippen LogP contribution in [0.15, 0.2) is 12.1 Å². The maximum absolute atomic E-state index is 12.2. The van der Waals surface area contributed by atoms with E-state index >= 15 is 0 Å². The Kier molecular flexibility index (Phi) is 2.89. The molecule has 1 heterocycles. The van der Waals surface area contributed by atoms with Crippen LogP contribution >= 0.6 is 11.6 Å². The van der Waals surface area contributed by atoms with Gasteiger partial charge in [-0.05, 0) is 19.1 Å². The van der Waals surface area contributed by atoms with Gasteiger partial charge in [0.05, 0.1) is 0 Å². The van der Waals surface area contributed by atoms with E-state index < -0.39 is 23.0 Å². The first-order valence-corrected chi connectivity index (χ1v) is 4.13. The molecule has 0 amide bonds. The molecular weight excluding hydrogens is 219 g/mol. The van der Waals surface area contributed by atoms with Gasteiger partial charge in [0, 0.05) is 5.69 Å². The summed E-state index contributed by atoms with van der Waals surface area (Å²) >= 11 is 5.11. The maximum atomic E-state index is 12.2. The molecule has 1 unspecified atom stereocenters. The number of aromatic nitrogens is 1. The highest BCUT2D eigenvalue weighted by atomic mass is 35.5. The quantitative estimate of drug-likeness (QED) is 0.746. The zero-order valence-electron chi connectivity index (χ0n) is 7.14. The first-order valence-electron chi connectivity index (χ1n) is 3.69. The van der Waals surface area contributed by atoms with Gasteiger partial charge in [-0.1, -0.05) is 0 Å². The monoisotopic (exact) mass is 225 g/mol. The molecule has 78 valence electrons. The van der Waals surface area contributed by atoms with E-state index in [0.29, 0.717) is 5.69 Å². The highest BCUT2D eigenvalue weighted by Crippen LogP contribution is 2.40. The number of alkyl halides is 4. The minimum atomic E-state index is -4.61. The van der Waals surface area contributed by atoms with Gasteiger partial charge in [0.1, 0.15) is 11.4 Å². The molecule has 1 N–H and O–H groups in total. The van der Waals surface area contributed by atoms with E-state index in [9.17, 15) is 13.2 Å². The lowest BCUT2D eigenvalue weighted by atomic mass is 10.2. The fourth-order valence-corrected chi connectivity index (χ4v) is 1.07. The number of aryl methyl sites for hydroxylation is 1. The molecule has 0 saturated carbocycles. The predicted molar refractivity (Wildman–Crippen MR) is 45.3 cm³/mol. The lowest BCUT2D eigenvalue weighted by Gasteiger charge is -2.14. The smallest absolute Gasteiger partial charge is 0.410 e. The van der Waals surface area contributed by atoms with Crippen molar-refractivity contribution in [2.45, 2.75) is 18.5 Å². The van der Waals surface area contributed by atoms with Crippen LogP contribution in [0.5, 0.6) is 5.75 Å². The summed E-state index contributed by atoms with van der Waals surface area (Å²) < 4.78 is 36.5. The van der Waals surface area contributed by atoms with E-state index in [4.69, 9.17) is 16.7 Å². The van der Waals surface area contributed by atoms with Gasteiger partial charge in [0.15, 0.2) is 5.38 Å². The molecule has 1 rings (SSSR count). The van der Waals surface area contributed by atoms with Crippen LogP contribution in [0.3, 0.4) is 0 Å². The van der Waals surface area contributed by atoms with Crippen molar-refractivity contribution in [2.75, 3.05) is 0 Å². The summed E-state index contributed by atoms with van der Waals surface area (Å²) in [6, 6.07) is 2.54. The summed E-state index contributed by atoms with van der Waals surface area (Å²) in [7, 11) is 0. The summed E-state index contributed by atoms with van der Waals surface area (Å²) in [4.78, 5) is 3.54. The molecule has 0 spiro atoms. The number of hydrogen-bond acceptors (Lipinski definition) is 2. The second-order valence-electron chi connectivity index (χ2n) is 2.76. The number of hydrogen-bond donors (Lipinski definition) is 1. The Morgan fingerprint density at radius 1 is 1.43 bits per heavy atom. The van der Waals surface area contributed by atoms with Gasteiger partial charge in [-0.3, -0.25) is 4.98 Å². The summed E-state index contributed by atoms with van der Waals surface area (Å²) in [6.07, 6.45) is -4.61. The molecule has 2 nitrogen and oxygen atoms in total. The molecule has 0 aliphatic heterocycles. The Morgan fingerprint density at radius 2 is 2.00 bits per heavy atom. The SMILES string of the molecule is Cc1ccc(O)c(C(Cl)C(F)(F)F)n1. The van der Waals surface area contributed by atoms with Crippen LogP contribution < -0.4 is 0 Å². The first kappa shape index (κ1) is 11.1. The largest absolute Gasteiger partial charge is 0.506 e. The van der Waals surface area contributed by atoms with Crippen molar-refractivity contribution in [3.05, 3.63) is 23.5 Å². The van der Waals surface area contributed by atoms with Gasteiger partial charge in [-0.2, -0.15) is 13.2 Å². The molecule has 1 aromatic rings. The topological polar surface area (TPSA) is 33.1 Å². The highest BCUT2D eigenvalue weighted by molar-refractivity contribution is 6.21. The van der Waals surface area contributed by atoms with Gasteiger partial charge in [0.2, 0.25) is 0 Å². The van der Waals surface area contributed by atoms with Crippen molar-refractivity contribution in [1.29, 1.82) is 0 Å². The third-order valence-corrected chi connectivity index (χ3v) is 2.02. The Hall–Kier alpha value is -0.970. The van der Waals surface area contributed by atoms with Gasteiger partial charge in [-0.15, -0.1) is 11.6 Å². The van der Waals surface area contributed by atoms with Gasteiger partial charge < -0.3 is 5.11 Å². The number of aromatic hydroxyl groups is 1. The molecule has 0 saturated heterocycles. The summed E-state index contributed by atoms with van der Waals surface area (Å²) in [6.45, 7) is 1.52. The molecule has 1 atom stereocenters. The maximum Gasteiger partial charge on any atom is 0.410 e. The molecule has 0 aromatic carbocycles. The third kappa shape index (κ3) is 2.29. The zero-order valence-corrected chi connectivity index (χ0v) is 7.89. The van der Waals surface area contributed by atoms with Crippen molar-refractivity contribution >= 4 is 11.6 Å². The van der Waals surface area contributed by atoms with Crippen molar-refractivity contribution in [1.82, 2.24) is 4.98 Å². The fourth-order valence-electron chi connectivity index (χ4n) is 0.911. The molecule has 0 radical (unpaired) electrons. The molecule has 0 fully saturated rings. The molecule has 0 aliphatic rings. The molecule has 6 heteroatoms. The Morgan fingerprint density at radius 3 is 2.50 bits per heavy atom. The average molecular weight is 226 g/mol. The number of halogens is 4. The average Bonchev–Trinajstić information content (AvgIpc) is 2.06. The number of nitrogens with zero attached hydrogens (tertiary/aromatic N) is 1. The fraction of sp³-hybridized carbons (Fsp3) is 0.375. The van der Waals surface area contributed by atoms with Crippen LogP contribution in [0.2, 0.25) is 0 Å². The molecule has 14 heavy (non-hydrogen) atoms. The molecular formula is C8H7ClF3NO. The summed E-state index contributed by atoms with van der Waals surface area (Å²) in [5.41, 5.74) is -0.188. The Bertz CT molecular complexity index is 340. The van der Waals surface area contributed by atoms with E-state index in [1.807, 2.05) is 0 Å². The second kappa shape index (κ2) is 3.65. The van der Waals surface area contributed by atoms with Crippen LogP contribution in [-0.4, -0.2) is 16.3 Å². The van der Waals surface area contributed by atoms with Crippen LogP contribution in [0, 0.1) is 6.92 Å². The number of pyridine rings is 1. The normalized spacial score (nSPS) is 14.1. The minimum Gasteiger partial charge on any atom is -0.506 e. The summed E-state index contributed by atoms with van der Waals surface area (Å²) in [5, 5.41) is 6.85. The van der Waals surface area contributed by atoms with Crippen LogP contribution in [-0.2, 0) is 0 Å². The van der Waals surface area contributed by atoms with Crippen LogP contribution in [0.1, 0.15) is 16.8 Å². The molecule has 0 aliphatic carbocycles. The third-order valence-electron chi connectivity index (χ3n) is 1.57. The highest BCUT2D eigenvalue weighted by Gasteiger charge is 2.41. The van der Waals surface area contributed by atoms with Crippen molar-refractivity contribution in [3.8, 4) is 5.75 Å². The van der Waals surface area contributed by atoms with E-state index in [1.54, 1.807) is 0 Å². The van der Waals surface area contributed by atoms with E-state index in [2.05, 4.69) is 4.98 Å². The van der Waals surface area contributed by atoms with Crippen molar-refractivity contribution in [3.63, 3.8) is 0 Å². The van der Waals surface area contributed by atoms with Crippen LogP contribution in [0.4, 0.5) is 13.2 Å². The predicted octanol–water partition coefficient (Wildman–Crippen LogP) is 2.94. The lowest BCUT2D eigenvalue weighted by Crippen LogP contribution is -2.17. The van der Waals surface area contributed by atoms with Gasteiger partial charge in [-0.25, -0.2) is 0 Å². The van der Waals surface area contributed by atoms with Gasteiger partial charge >= 0.3 is 6.18 Å². The van der Waals surface area contributed by atoms with E-state index in [1.165, 1.54) is 13.0 Å². The van der Waals surface area contributed by atoms with E-state index in [-0.39, 0.29) is 0 Å². The van der Waals surface area contributed by atoms with Gasteiger partial charge in [0.25, 0.3) is 0 Å². The Labute approximate surface area is 83.3 Å². The summed E-state index contributed by atoms with van der Waals surface area (Å²) in [5.74, 6) is -0.548. The lowest BCUT2D eigenvalue weighted by molar-refractivity contribution is -0.132. The van der Waals surface area contributed by atoms with Crippen molar-refractivity contribution < 1.29 is 18.3 Å². The zero-order chi connectivity index (χ0) is 10.9. The molecule has 1 aromatic heterocycles. The minimum absolute atomic E-state index is 0.368. The first-order chi connectivity index (χ1) is 6.32. The Balaban J connectivity index is 3.12. The molecule has 0 bridgehead atoms. The van der Waals surface area contributed by atoms with E-state index in [0.717, 1.165) is 6.07 Å².